The van der Waals surface area contributed by atoms with Crippen molar-refractivity contribution in [2.45, 2.75) is 0 Å². The van der Waals surface area contributed by atoms with Gasteiger partial charge in [0.25, 0.3) is 0 Å². The second-order valence-electron chi connectivity index (χ2n) is 3.28. The summed E-state index contributed by atoms with van der Waals surface area (Å²) in [5, 5.41) is 11.9. The summed E-state index contributed by atoms with van der Waals surface area (Å²) in [5.41, 5.74) is 1.49. The van der Waals surface area contributed by atoms with Crippen LogP contribution in [-0.2, 0) is 0 Å². The molecular formula is C12H7Br2N3. The lowest BCUT2D eigenvalue weighted by Gasteiger charge is -2.08. The van der Waals surface area contributed by atoms with Crippen LogP contribution in [-0.4, -0.2) is 4.98 Å². The maximum absolute atomic E-state index is 8.77. The first-order valence-corrected chi connectivity index (χ1v) is 6.37. The maximum Gasteiger partial charge on any atom is 0.131 e. The van der Waals surface area contributed by atoms with E-state index in [0.717, 1.165) is 20.6 Å². The largest absolute Gasteiger partial charge is 0.339 e. The van der Waals surface area contributed by atoms with Gasteiger partial charge in [-0.1, -0.05) is 6.07 Å². The van der Waals surface area contributed by atoms with Gasteiger partial charge in [0, 0.05) is 4.47 Å². The maximum atomic E-state index is 8.77. The predicted molar refractivity (Wildman–Crippen MR) is 74.1 cm³/mol. The van der Waals surface area contributed by atoms with E-state index < -0.39 is 0 Å². The highest BCUT2D eigenvalue weighted by molar-refractivity contribution is 9.10. The highest BCUT2D eigenvalue weighted by Gasteiger charge is 2.02. The van der Waals surface area contributed by atoms with Gasteiger partial charge in [-0.05, 0) is 62.2 Å². The van der Waals surface area contributed by atoms with Gasteiger partial charge in [0.05, 0.1) is 17.3 Å². The zero-order valence-electron chi connectivity index (χ0n) is 8.61. The molecule has 2 rings (SSSR count). The number of anilines is 2. The Balaban J connectivity index is 2.28. The Morgan fingerprint density at radius 1 is 1.18 bits per heavy atom. The molecule has 1 aromatic carbocycles. The average molecular weight is 353 g/mol. The van der Waals surface area contributed by atoms with Gasteiger partial charge in [-0.2, -0.15) is 5.26 Å². The molecule has 0 aliphatic carbocycles. The average Bonchev–Trinajstić information content (AvgIpc) is 2.32. The normalized spacial score (nSPS) is 9.71. The molecule has 0 fully saturated rings. The third-order valence-electron chi connectivity index (χ3n) is 2.08. The second-order valence-corrected chi connectivity index (χ2v) is 4.94. The van der Waals surface area contributed by atoms with Crippen molar-refractivity contribution in [1.29, 1.82) is 5.26 Å². The summed E-state index contributed by atoms with van der Waals surface area (Å²) in [7, 11) is 0. The minimum Gasteiger partial charge on any atom is -0.339 e. The van der Waals surface area contributed by atoms with Crippen LogP contribution in [0.1, 0.15) is 5.56 Å². The number of halogens is 2. The van der Waals surface area contributed by atoms with Crippen LogP contribution in [0.3, 0.4) is 0 Å². The lowest BCUT2D eigenvalue weighted by Crippen LogP contribution is -1.94. The van der Waals surface area contributed by atoms with Gasteiger partial charge < -0.3 is 5.32 Å². The quantitative estimate of drug-likeness (QED) is 0.823. The summed E-state index contributed by atoms with van der Waals surface area (Å²) >= 11 is 6.72. The van der Waals surface area contributed by atoms with Gasteiger partial charge in [-0.15, -0.1) is 0 Å². The number of hydrogen-bond donors (Lipinski definition) is 1. The molecule has 3 nitrogen and oxygen atoms in total. The van der Waals surface area contributed by atoms with Crippen LogP contribution < -0.4 is 5.32 Å². The van der Waals surface area contributed by atoms with Gasteiger partial charge in [-0.25, -0.2) is 4.98 Å². The van der Waals surface area contributed by atoms with Crippen molar-refractivity contribution in [3.05, 3.63) is 51.0 Å². The molecule has 17 heavy (non-hydrogen) atoms. The molecule has 0 spiro atoms. The number of hydrogen-bond acceptors (Lipinski definition) is 3. The Bertz CT molecular complexity index is 591. The number of aromatic nitrogens is 1. The molecule has 0 radical (unpaired) electrons. The fraction of sp³-hybridized carbons (Fsp3) is 0. The molecule has 0 saturated carbocycles. The van der Waals surface area contributed by atoms with Crippen LogP contribution in [0.4, 0.5) is 11.5 Å². The van der Waals surface area contributed by atoms with Gasteiger partial charge >= 0.3 is 0 Å². The number of nitrogens with zero attached hydrogens (tertiary/aromatic N) is 2. The van der Waals surface area contributed by atoms with E-state index in [1.54, 1.807) is 12.1 Å². The van der Waals surface area contributed by atoms with E-state index in [1.165, 1.54) is 0 Å². The van der Waals surface area contributed by atoms with E-state index >= 15 is 0 Å². The summed E-state index contributed by atoms with van der Waals surface area (Å²) in [6.07, 6.45) is 0. The lowest BCUT2D eigenvalue weighted by molar-refractivity contribution is 1.26. The van der Waals surface area contributed by atoms with Crippen molar-refractivity contribution < 1.29 is 0 Å². The van der Waals surface area contributed by atoms with Crippen molar-refractivity contribution >= 4 is 43.4 Å². The molecule has 0 bridgehead atoms. The molecule has 2 aromatic rings. The SMILES string of the molecule is N#Cc1ccc(Nc2cccc(Br)n2)c(Br)c1. The molecule has 0 saturated heterocycles. The zero-order valence-corrected chi connectivity index (χ0v) is 11.8. The van der Waals surface area contributed by atoms with E-state index in [9.17, 15) is 0 Å². The Morgan fingerprint density at radius 3 is 2.65 bits per heavy atom. The molecule has 84 valence electrons. The first-order valence-electron chi connectivity index (χ1n) is 4.78. The van der Waals surface area contributed by atoms with Crippen LogP contribution in [0.2, 0.25) is 0 Å². The first-order chi connectivity index (χ1) is 8.19. The summed E-state index contributed by atoms with van der Waals surface area (Å²) in [5.74, 6) is 0.741. The highest BCUT2D eigenvalue weighted by Crippen LogP contribution is 2.26. The zero-order chi connectivity index (χ0) is 12.3. The van der Waals surface area contributed by atoms with Gasteiger partial charge in [0.2, 0.25) is 0 Å². The number of benzene rings is 1. The molecule has 0 aliphatic heterocycles. The molecule has 0 unspecified atom stereocenters. The lowest BCUT2D eigenvalue weighted by atomic mass is 10.2. The fourth-order valence-corrected chi connectivity index (χ4v) is 2.12. The molecule has 0 aliphatic rings. The van der Waals surface area contributed by atoms with Gasteiger partial charge in [0.1, 0.15) is 10.4 Å². The van der Waals surface area contributed by atoms with Crippen molar-refractivity contribution in [1.82, 2.24) is 4.98 Å². The van der Waals surface area contributed by atoms with E-state index in [-0.39, 0.29) is 0 Å². The van der Waals surface area contributed by atoms with Gasteiger partial charge in [-0.3, -0.25) is 0 Å². The van der Waals surface area contributed by atoms with Crippen LogP contribution >= 0.6 is 31.9 Å². The van der Waals surface area contributed by atoms with Crippen molar-refractivity contribution in [3.8, 4) is 6.07 Å². The third-order valence-corrected chi connectivity index (χ3v) is 3.17. The first kappa shape index (κ1) is 12.1. The second kappa shape index (κ2) is 5.30. The van der Waals surface area contributed by atoms with Crippen LogP contribution in [0, 0.1) is 11.3 Å². The van der Waals surface area contributed by atoms with E-state index in [1.807, 2.05) is 24.3 Å². The fourth-order valence-electron chi connectivity index (χ4n) is 1.30. The summed E-state index contributed by atoms with van der Waals surface area (Å²) < 4.78 is 1.60. The minimum absolute atomic E-state index is 0.615. The molecule has 0 atom stereocenters. The minimum atomic E-state index is 0.615. The van der Waals surface area contributed by atoms with E-state index in [4.69, 9.17) is 5.26 Å². The van der Waals surface area contributed by atoms with Crippen molar-refractivity contribution in [2.24, 2.45) is 0 Å². The Labute approximate surface area is 116 Å². The summed E-state index contributed by atoms with van der Waals surface area (Å²) in [6, 6.07) is 13.1. The van der Waals surface area contributed by atoms with E-state index in [0.29, 0.717) is 5.56 Å². The summed E-state index contributed by atoms with van der Waals surface area (Å²) in [4.78, 5) is 4.27. The molecule has 1 aromatic heterocycles. The number of nitriles is 1. The Morgan fingerprint density at radius 2 is 2.00 bits per heavy atom. The Hall–Kier alpha value is -1.38. The monoisotopic (exact) mass is 351 g/mol. The highest BCUT2D eigenvalue weighted by atomic mass is 79.9. The smallest absolute Gasteiger partial charge is 0.131 e. The van der Waals surface area contributed by atoms with Crippen molar-refractivity contribution in [2.75, 3.05) is 5.32 Å². The predicted octanol–water partition coefficient (Wildman–Crippen LogP) is 4.22. The van der Waals surface area contributed by atoms with E-state index in [2.05, 4.69) is 48.2 Å². The number of rotatable bonds is 2. The number of nitrogens with one attached hydrogen (secondary N) is 1. The molecule has 0 amide bonds. The van der Waals surface area contributed by atoms with Crippen LogP contribution in [0.5, 0.6) is 0 Å². The molecule has 5 heteroatoms. The topological polar surface area (TPSA) is 48.7 Å². The number of pyridine rings is 1. The Kier molecular flexibility index (Phi) is 3.77. The van der Waals surface area contributed by atoms with Crippen molar-refractivity contribution in [3.63, 3.8) is 0 Å². The third kappa shape index (κ3) is 3.05. The summed E-state index contributed by atoms with van der Waals surface area (Å²) in [6.45, 7) is 0. The molecule has 1 heterocycles. The standard InChI is InChI=1S/C12H7Br2N3/c13-9-6-8(7-15)4-5-10(9)16-12-3-1-2-11(14)17-12/h1-6H,(H,16,17). The van der Waals surface area contributed by atoms with Gasteiger partial charge in [0.15, 0.2) is 0 Å². The van der Waals surface area contributed by atoms with Crippen LogP contribution in [0.15, 0.2) is 45.5 Å². The van der Waals surface area contributed by atoms with Crippen LogP contribution in [0.25, 0.3) is 0 Å². The molecule has 1 N–H and O–H groups in total. The molecular weight excluding hydrogens is 346 g/mol.